The van der Waals surface area contributed by atoms with Crippen LogP contribution in [0.3, 0.4) is 0 Å². The Bertz CT molecular complexity index is 1200. The zero-order chi connectivity index (χ0) is 23.9. The molecule has 0 spiro atoms. The van der Waals surface area contributed by atoms with Crippen molar-refractivity contribution in [3.8, 4) is 0 Å². The molecular formula is C27H31N3O4. The summed E-state index contributed by atoms with van der Waals surface area (Å²) in [6, 6.07) is 17.3. The largest absolute Gasteiger partial charge is 0.456 e. The van der Waals surface area contributed by atoms with Crippen LogP contribution in [-0.2, 0) is 27.3 Å². The second kappa shape index (κ2) is 11.1. The van der Waals surface area contributed by atoms with E-state index in [1.807, 2.05) is 54.6 Å². The lowest BCUT2D eigenvalue weighted by atomic mass is 10.0. The molecule has 178 valence electrons. The molecule has 3 aromatic rings. The van der Waals surface area contributed by atoms with Gasteiger partial charge in [0.1, 0.15) is 5.69 Å². The van der Waals surface area contributed by atoms with Gasteiger partial charge in [-0.25, -0.2) is 4.98 Å². The lowest BCUT2D eigenvalue weighted by Crippen LogP contribution is -2.33. The summed E-state index contributed by atoms with van der Waals surface area (Å²) in [6.07, 6.45) is 4.17. The molecule has 4 rings (SSSR count). The standard InChI is InChI=1S/C27H31N3O4/c1-2-3-17-30-23-12-8-7-11-21(23)28-22(27(30)33)15-16-25(32)34-18-24(31)29-26(20-13-14-20)19-9-5-4-6-10-19/h4-12,20,26H,2-3,13-18H2,1H3,(H,29,31). The molecule has 0 radical (unpaired) electrons. The van der Waals surface area contributed by atoms with E-state index in [0.29, 0.717) is 18.2 Å². The monoisotopic (exact) mass is 461 g/mol. The van der Waals surface area contributed by atoms with Gasteiger partial charge in [-0.3, -0.25) is 14.4 Å². The van der Waals surface area contributed by atoms with Crippen molar-refractivity contribution in [2.75, 3.05) is 6.61 Å². The Hall–Kier alpha value is -3.48. The molecule has 1 aromatic heterocycles. The van der Waals surface area contributed by atoms with E-state index in [1.165, 1.54) is 0 Å². The number of benzene rings is 2. The predicted molar refractivity (Wildman–Crippen MR) is 130 cm³/mol. The average molecular weight is 462 g/mol. The first kappa shape index (κ1) is 23.7. The number of aromatic nitrogens is 2. The molecule has 7 heteroatoms. The Morgan fingerprint density at radius 1 is 1.12 bits per heavy atom. The van der Waals surface area contributed by atoms with Crippen LogP contribution >= 0.6 is 0 Å². The maximum absolute atomic E-state index is 13.0. The van der Waals surface area contributed by atoms with E-state index in [2.05, 4.69) is 17.2 Å². The molecule has 1 aliphatic carbocycles. The number of unbranched alkanes of at least 4 members (excludes halogenated alkanes) is 1. The Kier molecular flexibility index (Phi) is 7.72. The fourth-order valence-corrected chi connectivity index (χ4v) is 4.16. The highest BCUT2D eigenvalue weighted by molar-refractivity contribution is 5.81. The molecule has 1 unspecified atom stereocenters. The molecule has 1 amide bonds. The minimum atomic E-state index is -0.521. The summed E-state index contributed by atoms with van der Waals surface area (Å²) in [5.74, 6) is -0.414. The van der Waals surface area contributed by atoms with Crippen LogP contribution in [0.4, 0.5) is 0 Å². The quantitative estimate of drug-likeness (QED) is 0.437. The average Bonchev–Trinajstić information content (AvgIpc) is 3.70. The summed E-state index contributed by atoms with van der Waals surface area (Å²) in [6.45, 7) is 2.36. The van der Waals surface area contributed by atoms with Crippen LogP contribution in [0.5, 0.6) is 0 Å². The second-order valence-electron chi connectivity index (χ2n) is 8.81. The van der Waals surface area contributed by atoms with Crippen molar-refractivity contribution in [1.29, 1.82) is 0 Å². The van der Waals surface area contributed by atoms with Gasteiger partial charge in [-0.15, -0.1) is 0 Å². The van der Waals surface area contributed by atoms with E-state index in [4.69, 9.17) is 4.74 Å². The number of esters is 1. The van der Waals surface area contributed by atoms with Crippen LogP contribution in [0.15, 0.2) is 59.4 Å². The summed E-state index contributed by atoms with van der Waals surface area (Å²) < 4.78 is 6.93. The lowest BCUT2D eigenvalue weighted by molar-refractivity contribution is -0.148. The molecule has 1 fully saturated rings. The number of aryl methyl sites for hydroxylation is 2. The van der Waals surface area contributed by atoms with E-state index in [1.54, 1.807) is 4.57 Å². The summed E-state index contributed by atoms with van der Waals surface area (Å²) in [4.78, 5) is 42.2. The van der Waals surface area contributed by atoms with Gasteiger partial charge >= 0.3 is 5.97 Å². The van der Waals surface area contributed by atoms with E-state index in [-0.39, 0.29) is 37.0 Å². The molecular weight excluding hydrogens is 430 g/mol. The van der Waals surface area contributed by atoms with Crippen molar-refractivity contribution in [3.05, 3.63) is 76.2 Å². The van der Waals surface area contributed by atoms with E-state index in [0.717, 1.165) is 42.3 Å². The van der Waals surface area contributed by atoms with Crippen LogP contribution in [0, 0.1) is 5.92 Å². The lowest BCUT2D eigenvalue weighted by Gasteiger charge is -2.18. The van der Waals surface area contributed by atoms with Crippen LogP contribution in [-0.4, -0.2) is 28.0 Å². The van der Waals surface area contributed by atoms with E-state index in [9.17, 15) is 14.4 Å². The minimum Gasteiger partial charge on any atom is -0.456 e. The molecule has 1 aliphatic rings. The number of carbonyl (C=O) groups excluding carboxylic acids is 2. The Balaban J connectivity index is 1.33. The number of hydrogen-bond donors (Lipinski definition) is 1. The second-order valence-corrected chi connectivity index (χ2v) is 8.81. The zero-order valence-corrected chi connectivity index (χ0v) is 19.5. The summed E-state index contributed by atoms with van der Waals surface area (Å²) in [7, 11) is 0. The molecule has 1 N–H and O–H groups in total. The predicted octanol–water partition coefficient (Wildman–Crippen LogP) is 3.94. The molecule has 7 nitrogen and oxygen atoms in total. The maximum Gasteiger partial charge on any atom is 0.306 e. The smallest absolute Gasteiger partial charge is 0.306 e. The van der Waals surface area contributed by atoms with Crippen LogP contribution < -0.4 is 10.9 Å². The third-order valence-corrected chi connectivity index (χ3v) is 6.15. The van der Waals surface area contributed by atoms with Gasteiger partial charge in [-0.2, -0.15) is 0 Å². The number of nitrogens with zero attached hydrogens (tertiary/aromatic N) is 2. The molecule has 0 aliphatic heterocycles. The molecule has 1 saturated carbocycles. The van der Waals surface area contributed by atoms with Crippen molar-refractivity contribution in [2.24, 2.45) is 5.92 Å². The summed E-state index contributed by atoms with van der Waals surface area (Å²) in [5, 5.41) is 3.00. The van der Waals surface area contributed by atoms with Gasteiger partial charge in [-0.05, 0) is 42.9 Å². The number of para-hydroxylation sites is 2. The maximum atomic E-state index is 13.0. The van der Waals surface area contributed by atoms with Gasteiger partial charge in [0, 0.05) is 13.0 Å². The number of ether oxygens (including phenoxy) is 1. The molecule has 34 heavy (non-hydrogen) atoms. The normalized spacial score (nSPS) is 14.0. The number of fused-ring (bicyclic) bond motifs is 1. The SMILES string of the molecule is CCCCn1c(=O)c(CCC(=O)OCC(=O)NC(c2ccccc2)C2CC2)nc2ccccc21. The topological polar surface area (TPSA) is 90.3 Å². The third kappa shape index (κ3) is 5.90. The molecule has 0 bridgehead atoms. The van der Waals surface area contributed by atoms with Crippen molar-refractivity contribution < 1.29 is 14.3 Å². The van der Waals surface area contributed by atoms with Crippen molar-refractivity contribution in [1.82, 2.24) is 14.9 Å². The molecule has 2 aromatic carbocycles. The van der Waals surface area contributed by atoms with Crippen molar-refractivity contribution in [3.63, 3.8) is 0 Å². The number of carbonyl (C=O) groups is 2. The van der Waals surface area contributed by atoms with Crippen molar-refractivity contribution >= 4 is 22.9 Å². The number of nitrogens with one attached hydrogen (secondary N) is 1. The first-order chi connectivity index (χ1) is 16.6. The number of hydrogen-bond acceptors (Lipinski definition) is 5. The molecule has 1 atom stereocenters. The third-order valence-electron chi connectivity index (χ3n) is 6.15. The highest BCUT2D eigenvalue weighted by atomic mass is 16.5. The van der Waals surface area contributed by atoms with Gasteiger partial charge in [0.05, 0.1) is 23.5 Å². The van der Waals surface area contributed by atoms with Crippen LogP contribution in [0.25, 0.3) is 11.0 Å². The Labute approximate surface area is 199 Å². The van der Waals surface area contributed by atoms with Gasteiger partial charge < -0.3 is 14.6 Å². The van der Waals surface area contributed by atoms with Gasteiger partial charge in [-0.1, -0.05) is 55.8 Å². The first-order valence-electron chi connectivity index (χ1n) is 12.0. The number of rotatable bonds is 11. The van der Waals surface area contributed by atoms with Crippen molar-refractivity contribution in [2.45, 2.75) is 58.0 Å². The summed E-state index contributed by atoms with van der Waals surface area (Å²) >= 11 is 0. The van der Waals surface area contributed by atoms with Crippen LogP contribution in [0.1, 0.15) is 56.3 Å². The zero-order valence-electron chi connectivity index (χ0n) is 19.5. The fraction of sp³-hybridized carbons (Fsp3) is 0.407. The highest BCUT2D eigenvalue weighted by Crippen LogP contribution is 2.40. The van der Waals surface area contributed by atoms with Gasteiger partial charge in [0.15, 0.2) is 6.61 Å². The molecule has 1 heterocycles. The van der Waals surface area contributed by atoms with Gasteiger partial charge in [0.2, 0.25) is 0 Å². The first-order valence-corrected chi connectivity index (χ1v) is 12.0. The Morgan fingerprint density at radius 2 is 1.85 bits per heavy atom. The van der Waals surface area contributed by atoms with Crippen LogP contribution in [0.2, 0.25) is 0 Å². The highest BCUT2D eigenvalue weighted by Gasteiger charge is 2.33. The molecule has 0 saturated heterocycles. The van der Waals surface area contributed by atoms with E-state index < -0.39 is 5.97 Å². The summed E-state index contributed by atoms with van der Waals surface area (Å²) in [5.41, 5.74) is 2.76. The minimum absolute atomic E-state index is 0.00756. The fourth-order valence-electron chi connectivity index (χ4n) is 4.16. The number of amides is 1. The Morgan fingerprint density at radius 3 is 2.59 bits per heavy atom. The van der Waals surface area contributed by atoms with Gasteiger partial charge in [0.25, 0.3) is 11.5 Å². The van der Waals surface area contributed by atoms with E-state index >= 15 is 0 Å².